The highest BCUT2D eigenvalue weighted by Crippen LogP contribution is 2.11. The third kappa shape index (κ3) is 4.08. The van der Waals surface area contributed by atoms with Crippen molar-refractivity contribution in [2.75, 3.05) is 13.1 Å². The van der Waals surface area contributed by atoms with E-state index in [1.807, 2.05) is 0 Å². The highest BCUT2D eigenvalue weighted by molar-refractivity contribution is 5.97. The van der Waals surface area contributed by atoms with Gasteiger partial charge in [-0.3, -0.25) is 14.4 Å². The molecule has 1 heterocycles. The van der Waals surface area contributed by atoms with Crippen LogP contribution in [-0.2, 0) is 9.59 Å². The molecule has 0 aliphatic carbocycles. The summed E-state index contributed by atoms with van der Waals surface area (Å²) in [6.07, 6.45) is 1.32. The third-order valence-electron chi connectivity index (χ3n) is 1.85. The molecule has 0 atom stereocenters. The molecule has 1 rings (SSSR count). The van der Waals surface area contributed by atoms with E-state index >= 15 is 0 Å². The van der Waals surface area contributed by atoms with Gasteiger partial charge in [-0.1, -0.05) is 0 Å². The number of nitrogens with one attached hydrogen (secondary N) is 2. The Labute approximate surface area is 102 Å². The molecular weight excluding hydrogens is 242 g/mol. The van der Waals surface area contributed by atoms with Crippen molar-refractivity contribution in [1.82, 2.24) is 15.6 Å². The van der Waals surface area contributed by atoms with Gasteiger partial charge in [0.15, 0.2) is 5.69 Å². The summed E-state index contributed by atoms with van der Waals surface area (Å²) in [6.45, 7) is -0.925. The number of nitrogens with zero attached hydrogens (tertiary/aromatic N) is 1. The number of aliphatic carboxylic acids is 1. The van der Waals surface area contributed by atoms with Gasteiger partial charge < -0.3 is 20.8 Å². The molecule has 0 aliphatic rings. The van der Waals surface area contributed by atoms with Crippen LogP contribution in [0.4, 0.5) is 0 Å². The van der Waals surface area contributed by atoms with Gasteiger partial charge >= 0.3 is 5.97 Å². The Kier molecular flexibility index (Phi) is 4.61. The van der Waals surface area contributed by atoms with Crippen molar-refractivity contribution in [2.24, 2.45) is 0 Å². The molecule has 0 spiro atoms. The van der Waals surface area contributed by atoms with Crippen LogP contribution in [0.2, 0.25) is 0 Å². The van der Waals surface area contributed by atoms with Gasteiger partial charge in [0, 0.05) is 6.20 Å². The second kappa shape index (κ2) is 6.18. The fourth-order valence-corrected chi connectivity index (χ4v) is 1.05. The van der Waals surface area contributed by atoms with Gasteiger partial charge in [0.25, 0.3) is 5.91 Å². The van der Waals surface area contributed by atoms with Gasteiger partial charge in [0.05, 0.1) is 6.54 Å². The molecule has 8 heteroatoms. The van der Waals surface area contributed by atoms with Gasteiger partial charge in [0.2, 0.25) is 5.91 Å². The van der Waals surface area contributed by atoms with Crippen molar-refractivity contribution in [3.8, 4) is 5.75 Å². The zero-order chi connectivity index (χ0) is 13.5. The minimum Gasteiger partial charge on any atom is -0.505 e. The average molecular weight is 253 g/mol. The van der Waals surface area contributed by atoms with Crippen molar-refractivity contribution >= 4 is 17.8 Å². The van der Waals surface area contributed by atoms with Crippen LogP contribution in [0.3, 0.4) is 0 Å². The quantitative estimate of drug-likeness (QED) is 0.517. The van der Waals surface area contributed by atoms with E-state index in [-0.39, 0.29) is 11.4 Å². The maximum atomic E-state index is 11.5. The zero-order valence-electron chi connectivity index (χ0n) is 9.21. The highest BCUT2D eigenvalue weighted by Gasteiger charge is 2.13. The summed E-state index contributed by atoms with van der Waals surface area (Å²) in [5.74, 6) is -2.86. The molecule has 0 aliphatic heterocycles. The van der Waals surface area contributed by atoms with Crippen LogP contribution in [-0.4, -0.2) is 46.1 Å². The Hall–Kier alpha value is -2.64. The molecule has 0 unspecified atom stereocenters. The van der Waals surface area contributed by atoms with Crippen molar-refractivity contribution in [2.45, 2.75) is 0 Å². The highest BCUT2D eigenvalue weighted by atomic mass is 16.4. The number of carboxylic acids is 1. The number of carbonyl (C=O) groups excluding carboxylic acids is 2. The van der Waals surface area contributed by atoms with Crippen molar-refractivity contribution in [3.63, 3.8) is 0 Å². The molecular formula is C10H11N3O5. The second-order valence-corrected chi connectivity index (χ2v) is 3.22. The first-order valence-electron chi connectivity index (χ1n) is 4.91. The lowest BCUT2D eigenvalue weighted by Gasteiger charge is -2.05. The average Bonchev–Trinajstić information content (AvgIpc) is 2.34. The minimum absolute atomic E-state index is 0.205. The number of amides is 2. The molecule has 18 heavy (non-hydrogen) atoms. The lowest BCUT2D eigenvalue weighted by Crippen LogP contribution is -2.39. The van der Waals surface area contributed by atoms with E-state index in [2.05, 4.69) is 15.6 Å². The zero-order valence-corrected chi connectivity index (χ0v) is 9.21. The third-order valence-corrected chi connectivity index (χ3v) is 1.85. The number of pyridine rings is 1. The van der Waals surface area contributed by atoms with E-state index in [9.17, 15) is 19.5 Å². The molecule has 0 aromatic carbocycles. The van der Waals surface area contributed by atoms with E-state index in [4.69, 9.17) is 5.11 Å². The molecule has 0 radical (unpaired) electrons. The van der Waals surface area contributed by atoms with Crippen LogP contribution >= 0.6 is 0 Å². The lowest BCUT2D eigenvalue weighted by molar-refractivity contribution is -0.137. The van der Waals surface area contributed by atoms with Crippen LogP contribution in [0.1, 0.15) is 10.5 Å². The molecule has 2 amide bonds. The summed E-state index contributed by atoms with van der Waals surface area (Å²) in [5.41, 5.74) is -0.205. The van der Waals surface area contributed by atoms with E-state index in [1.54, 1.807) is 0 Å². The molecule has 1 aromatic rings. The molecule has 96 valence electrons. The number of hydrogen-bond donors (Lipinski definition) is 4. The maximum absolute atomic E-state index is 11.5. The summed E-state index contributed by atoms with van der Waals surface area (Å²) in [5, 5.41) is 21.9. The van der Waals surface area contributed by atoms with Gasteiger partial charge in [0.1, 0.15) is 12.3 Å². The topological polar surface area (TPSA) is 129 Å². The number of aromatic hydroxyl groups is 1. The predicted molar refractivity (Wildman–Crippen MR) is 58.9 cm³/mol. The van der Waals surface area contributed by atoms with Gasteiger partial charge in [-0.05, 0) is 12.1 Å². The molecule has 0 saturated heterocycles. The van der Waals surface area contributed by atoms with E-state index in [0.29, 0.717) is 0 Å². The first-order valence-corrected chi connectivity index (χ1v) is 4.91. The summed E-state index contributed by atoms with van der Waals surface area (Å²) in [7, 11) is 0. The van der Waals surface area contributed by atoms with Crippen LogP contribution in [0.5, 0.6) is 5.75 Å². The van der Waals surface area contributed by atoms with Gasteiger partial charge in [-0.2, -0.15) is 0 Å². The maximum Gasteiger partial charge on any atom is 0.322 e. The number of hydrogen-bond acceptors (Lipinski definition) is 5. The molecule has 8 nitrogen and oxygen atoms in total. The Morgan fingerprint density at radius 2 is 1.94 bits per heavy atom. The first-order chi connectivity index (χ1) is 8.50. The number of rotatable bonds is 5. The van der Waals surface area contributed by atoms with Crippen LogP contribution in [0.15, 0.2) is 18.3 Å². The van der Waals surface area contributed by atoms with Crippen molar-refractivity contribution in [3.05, 3.63) is 24.0 Å². The number of carbonyl (C=O) groups is 3. The summed E-state index contributed by atoms with van der Waals surface area (Å²) < 4.78 is 0. The smallest absolute Gasteiger partial charge is 0.322 e. The van der Waals surface area contributed by atoms with E-state index < -0.39 is 30.9 Å². The summed E-state index contributed by atoms with van der Waals surface area (Å²) in [4.78, 5) is 36.4. The van der Waals surface area contributed by atoms with E-state index in [1.165, 1.54) is 18.3 Å². The Morgan fingerprint density at radius 1 is 1.22 bits per heavy atom. The second-order valence-electron chi connectivity index (χ2n) is 3.22. The molecule has 0 bridgehead atoms. The van der Waals surface area contributed by atoms with Gasteiger partial charge in [-0.15, -0.1) is 0 Å². The van der Waals surface area contributed by atoms with Crippen molar-refractivity contribution in [1.29, 1.82) is 0 Å². The molecule has 1 aromatic heterocycles. The SMILES string of the molecule is O=C(O)CNC(=O)CNC(=O)c1ncccc1O. The normalized spacial score (nSPS) is 9.56. The fraction of sp³-hybridized carbons (Fsp3) is 0.200. The molecule has 0 fully saturated rings. The number of carboxylic acid groups (broad SMARTS) is 1. The van der Waals surface area contributed by atoms with Gasteiger partial charge in [-0.25, -0.2) is 4.98 Å². The van der Waals surface area contributed by atoms with Crippen LogP contribution in [0, 0.1) is 0 Å². The molecule has 0 saturated carbocycles. The standard InChI is InChI=1S/C10H11N3O5/c14-6-2-1-3-11-9(6)10(18)13-4-7(15)12-5-8(16)17/h1-3,14H,4-5H2,(H,12,15)(H,13,18)(H,16,17). The fourth-order valence-electron chi connectivity index (χ4n) is 1.05. The lowest BCUT2D eigenvalue weighted by atomic mass is 10.3. The monoisotopic (exact) mass is 253 g/mol. The summed E-state index contributed by atoms with van der Waals surface area (Å²) in [6, 6.07) is 2.73. The number of aromatic nitrogens is 1. The Morgan fingerprint density at radius 3 is 2.56 bits per heavy atom. The Balaban J connectivity index is 2.45. The van der Waals surface area contributed by atoms with Crippen LogP contribution in [0.25, 0.3) is 0 Å². The summed E-state index contributed by atoms with van der Waals surface area (Å²) >= 11 is 0. The minimum atomic E-state index is -1.18. The largest absolute Gasteiger partial charge is 0.505 e. The van der Waals surface area contributed by atoms with Crippen molar-refractivity contribution < 1.29 is 24.6 Å². The molecule has 4 N–H and O–H groups in total. The van der Waals surface area contributed by atoms with E-state index in [0.717, 1.165) is 0 Å². The van der Waals surface area contributed by atoms with Crippen LogP contribution < -0.4 is 10.6 Å². The predicted octanol–water partition coefficient (Wildman–Crippen LogP) is -1.28. The first kappa shape index (κ1) is 13.4. The Bertz CT molecular complexity index is 474.